The predicted molar refractivity (Wildman–Crippen MR) is 99.0 cm³/mol. The fourth-order valence-corrected chi connectivity index (χ4v) is 3.51. The van der Waals surface area contributed by atoms with Crippen LogP contribution in [0.2, 0.25) is 0 Å². The van der Waals surface area contributed by atoms with E-state index in [9.17, 15) is 4.79 Å². The van der Waals surface area contributed by atoms with Gasteiger partial charge in [0.25, 0.3) is 0 Å². The number of carbonyl (C=O) groups is 1. The Bertz CT molecular complexity index is 661. The zero-order chi connectivity index (χ0) is 17.0. The van der Waals surface area contributed by atoms with Gasteiger partial charge in [0.15, 0.2) is 0 Å². The molecule has 2 aromatic rings. The second-order valence-corrected chi connectivity index (χ2v) is 7.14. The van der Waals surface area contributed by atoms with E-state index in [1.807, 2.05) is 24.3 Å². The van der Waals surface area contributed by atoms with Gasteiger partial charge in [-0.15, -0.1) is 0 Å². The molecule has 1 saturated carbocycles. The Kier molecular flexibility index (Phi) is 5.03. The van der Waals surface area contributed by atoms with Crippen LogP contribution in [0.5, 0.6) is 0 Å². The van der Waals surface area contributed by atoms with Crippen LogP contribution < -0.4 is 5.32 Å². The maximum Gasteiger partial charge on any atom is 0.227 e. The topological polar surface area (TPSA) is 29.1 Å². The molecule has 1 fully saturated rings. The third kappa shape index (κ3) is 3.53. The first-order valence-corrected chi connectivity index (χ1v) is 9.04. The smallest absolute Gasteiger partial charge is 0.227 e. The lowest BCUT2D eigenvalue weighted by Crippen LogP contribution is -2.37. The standard InChI is InChI=1S/C22H27NO/c1-3-17(2)20(18-10-6-4-7-11-18)21(24)23-16-22(14-15-22)19-12-8-5-9-13-19/h4-13,17,20H,3,14-16H2,1-2H3,(H,23,24). The van der Waals surface area contributed by atoms with E-state index < -0.39 is 0 Å². The van der Waals surface area contributed by atoms with Crippen LogP contribution in [-0.2, 0) is 10.2 Å². The van der Waals surface area contributed by atoms with E-state index in [-0.39, 0.29) is 17.2 Å². The lowest BCUT2D eigenvalue weighted by Gasteiger charge is -2.24. The van der Waals surface area contributed by atoms with Gasteiger partial charge in [-0.3, -0.25) is 4.79 Å². The average Bonchev–Trinajstić information content (AvgIpc) is 3.43. The fourth-order valence-electron chi connectivity index (χ4n) is 3.51. The molecular weight excluding hydrogens is 294 g/mol. The van der Waals surface area contributed by atoms with E-state index in [1.165, 1.54) is 5.56 Å². The molecule has 2 heteroatoms. The first kappa shape index (κ1) is 16.8. The van der Waals surface area contributed by atoms with Crippen molar-refractivity contribution in [3.63, 3.8) is 0 Å². The Morgan fingerprint density at radius 2 is 1.62 bits per heavy atom. The Labute approximate surface area is 145 Å². The van der Waals surface area contributed by atoms with Crippen molar-refractivity contribution in [2.45, 2.75) is 44.4 Å². The van der Waals surface area contributed by atoms with Crippen molar-refractivity contribution in [3.8, 4) is 0 Å². The molecule has 1 amide bonds. The van der Waals surface area contributed by atoms with Crippen molar-refractivity contribution in [2.24, 2.45) is 5.92 Å². The van der Waals surface area contributed by atoms with E-state index in [0.29, 0.717) is 5.92 Å². The molecule has 2 atom stereocenters. The molecular formula is C22H27NO. The van der Waals surface area contributed by atoms with E-state index >= 15 is 0 Å². The molecule has 3 rings (SSSR count). The number of nitrogens with one attached hydrogen (secondary N) is 1. The summed E-state index contributed by atoms with van der Waals surface area (Å²) in [6.45, 7) is 5.07. The molecule has 126 valence electrons. The zero-order valence-corrected chi connectivity index (χ0v) is 14.7. The van der Waals surface area contributed by atoms with Crippen molar-refractivity contribution >= 4 is 5.91 Å². The minimum absolute atomic E-state index is 0.0669. The summed E-state index contributed by atoms with van der Waals surface area (Å²) in [4.78, 5) is 12.9. The second kappa shape index (κ2) is 7.21. The summed E-state index contributed by atoms with van der Waals surface area (Å²) in [7, 11) is 0. The van der Waals surface area contributed by atoms with Crippen molar-refractivity contribution in [1.29, 1.82) is 0 Å². The maximum atomic E-state index is 12.9. The molecule has 24 heavy (non-hydrogen) atoms. The van der Waals surface area contributed by atoms with E-state index in [4.69, 9.17) is 0 Å². The Balaban J connectivity index is 1.71. The van der Waals surface area contributed by atoms with Gasteiger partial charge in [-0.25, -0.2) is 0 Å². The number of benzene rings is 2. The minimum Gasteiger partial charge on any atom is -0.355 e. The minimum atomic E-state index is -0.0669. The lowest BCUT2D eigenvalue weighted by atomic mass is 9.84. The normalized spacial score (nSPS) is 17.8. The molecule has 0 heterocycles. The summed E-state index contributed by atoms with van der Waals surface area (Å²) >= 11 is 0. The molecule has 0 spiro atoms. The van der Waals surface area contributed by atoms with E-state index in [1.54, 1.807) is 0 Å². The third-order valence-corrected chi connectivity index (χ3v) is 5.49. The number of hydrogen-bond donors (Lipinski definition) is 1. The Morgan fingerprint density at radius 1 is 1.04 bits per heavy atom. The first-order valence-electron chi connectivity index (χ1n) is 9.04. The molecule has 2 unspecified atom stereocenters. The fraction of sp³-hybridized carbons (Fsp3) is 0.409. The first-order chi connectivity index (χ1) is 11.7. The van der Waals surface area contributed by atoms with Crippen molar-refractivity contribution in [3.05, 3.63) is 71.8 Å². The molecule has 0 bridgehead atoms. The molecule has 0 aromatic heterocycles. The van der Waals surface area contributed by atoms with Gasteiger partial charge in [0.2, 0.25) is 5.91 Å². The van der Waals surface area contributed by atoms with Gasteiger partial charge in [-0.05, 0) is 29.9 Å². The van der Waals surface area contributed by atoms with Crippen molar-refractivity contribution in [1.82, 2.24) is 5.32 Å². The molecule has 1 N–H and O–H groups in total. The van der Waals surface area contributed by atoms with Gasteiger partial charge in [-0.2, -0.15) is 0 Å². The molecule has 1 aliphatic carbocycles. The van der Waals surface area contributed by atoms with Crippen molar-refractivity contribution in [2.75, 3.05) is 6.54 Å². The van der Waals surface area contributed by atoms with Gasteiger partial charge in [-0.1, -0.05) is 80.9 Å². The molecule has 0 saturated heterocycles. The molecule has 0 radical (unpaired) electrons. The quantitative estimate of drug-likeness (QED) is 0.789. The number of rotatable bonds is 7. The van der Waals surface area contributed by atoms with Gasteiger partial charge in [0.05, 0.1) is 5.92 Å². The van der Waals surface area contributed by atoms with Crippen LogP contribution in [0, 0.1) is 5.92 Å². The molecule has 0 aliphatic heterocycles. The predicted octanol–water partition coefficient (Wildman–Crippen LogP) is 4.66. The van der Waals surface area contributed by atoms with Crippen molar-refractivity contribution < 1.29 is 4.79 Å². The highest BCUT2D eigenvalue weighted by Gasteiger charge is 2.44. The summed E-state index contributed by atoms with van der Waals surface area (Å²) in [6, 6.07) is 20.8. The Morgan fingerprint density at radius 3 is 2.17 bits per heavy atom. The lowest BCUT2D eigenvalue weighted by molar-refractivity contribution is -0.123. The number of amides is 1. The number of carbonyl (C=O) groups excluding carboxylic acids is 1. The maximum absolute atomic E-state index is 12.9. The highest BCUT2D eigenvalue weighted by atomic mass is 16.1. The van der Waals surface area contributed by atoms with Crippen LogP contribution in [0.1, 0.15) is 50.2 Å². The van der Waals surface area contributed by atoms with Crippen LogP contribution >= 0.6 is 0 Å². The average molecular weight is 321 g/mol. The molecule has 1 aliphatic rings. The summed E-state index contributed by atoms with van der Waals surface area (Å²) in [6.07, 6.45) is 3.32. The second-order valence-electron chi connectivity index (χ2n) is 7.14. The summed E-state index contributed by atoms with van der Waals surface area (Å²) in [5, 5.41) is 3.26. The summed E-state index contributed by atoms with van der Waals surface area (Å²) in [5.74, 6) is 0.430. The third-order valence-electron chi connectivity index (χ3n) is 5.49. The van der Waals surface area contributed by atoms with E-state index in [2.05, 4.69) is 55.6 Å². The van der Waals surface area contributed by atoms with Gasteiger partial charge in [0.1, 0.15) is 0 Å². The van der Waals surface area contributed by atoms with Crippen LogP contribution in [0.25, 0.3) is 0 Å². The molecule has 2 nitrogen and oxygen atoms in total. The summed E-state index contributed by atoms with van der Waals surface area (Å²) < 4.78 is 0. The molecule has 2 aromatic carbocycles. The van der Waals surface area contributed by atoms with Gasteiger partial charge < -0.3 is 5.32 Å². The highest BCUT2D eigenvalue weighted by molar-refractivity contribution is 5.84. The van der Waals surface area contributed by atoms with E-state index in [0.717, 1.165) is 31.4 Å². The van der Waals surface area contributed by atoms with Crippen LogP contribution in [-0.4, -0.2) is 12.5 Å². The largest absolute Gasteiger partial charge is 0.355 e. The summed E-state index contributed by atoms with van der Waals surface area (Å²) in [5.41, 5.74) is 2.63. The van der Waals surface area contributed by atoms with Crippen LogP contribution in [0.3, 0.4) is 0 Å². The van der Waals surface area contributed by atoms with Gasteiger partial charge >= 0.3 is 0 Å². The SMILES string of the molecule is CCC(C)C(C(=O)NCC1(c2ccccc2)CC1)c1ccccc1. The van der Waals surface area contributed by atoms with Crippen LogP contribution in [0.4, 0.5) is 0 Å². The highest BCUT2D eigenvalue weighted by Crippen LogP contribution is 2.47. The Hall–Kier alpha value is -2.09. The monoisotopic (exact) mass is 321 g/mol. The number of hydrogen-bond acceptors (Lipinski definition) is 1. The van der Waals surface area contributed by atoms with Gasteiger partial charge in [0, 0.05) is 12.0 Å². The zero-order valence-electron chi connectivity index (χ0n) is 14.7. The van der Waals surface area contributed by atoms with Crippen LogP contribution in [0.15, 0.2) is 60.7 Å².